The number of rotatable bonds is 5. The molecule has 0 fully saturated rings. The van der Waals surface area contributed by atoms with E-state index in [1.165, 1.54) is 0 Å². The Morgan fingerprint density at radius 3 is 2.60 bits per heavy atom. The number of carbonyl (C=O) groups excluding carboxylic acids is 1. The van der Waals surface area contributed by atoms with Crippen molar-refractivity contribution in [3.63, 3.8) is 0 Å². The summed E-state index contributed by atoms with van der Waals surface area (Å²) in [5.74, 6) is -0.00544. The standard InChI is InChI=1S/C19H16ClN3O2/c1-25-19-17(14-3-2-4-15(20)10-14)23-16(11-22-19)9-12-5-7-13(8-6-12)18(21)24/h2-8,10-11H,9H2,1H3,(H2,21,24). The number of carbonyl (C=O) groups is 1. The van der Waals surface area contributed by atoms with Crippen LogP contribution >= 0.6 is 11.6 Å². The Morgan fingerprint density at radius 2 is 1.96 bits per heavy atom. The first-order valence-electron chi connectivity index (χ1n) is 7.61. The summed E-state index contributed by atoms with van der Waals surface area (Å²) in [6.07, 6.45) is 2.25. The van der Waals surface area contributed by atoms with Crippen molar-refractivity contribution in [1.29, 1.82) is 0 Å². The molecule has 0 saturated heterocycles. The van der Waals surface area contributed by atoms with Crippen LogP contribution in [0.5, 0.6) is 5.88 Å². The van der Waals surface area contributed by atoms with Gasteiger partial charge < -0.3 is 10.5 Å². The lowest BCUT2D eigenvalue weighted by atomic mass is 10.1. The molecule has 25 heavy (non-hydrogen) atoms. The fourth-order valence-electron chi connectivity index (χ4n) is 2.47. The SMILES string of the molecule is COc1ncc(Cc2ccc(C(N)=O)cc2)nc1-c1cccc(Cl)c1. The molecule has 0 unspecified atom stereocenters. The number of hydrogen-bond acceptors (Lipinski definition) is 4. The summed E-state index contributed by atoms with van der Waals surface area (Å²) in [6.45, 7) is 0. The van der Waals surface area contributed by atoms with Crippen LogP contribution in [0.1, 0.15) is 21.6 Å². The molecule has 0 aliphatic carbocycles. The molecule has 0 aliphatic heterocycles. The number of amides is 1. The van der Waals surface area contributed by atoms with Gasteiger partial charge in [-0.15, -0.1) is 0 Å². The van der Waals surface area contributed by atoms with Gasteiger partial charge in [0.25, 0.3) is 0 Å². The Balaban J connectivity index is 1.92. The van der Waals surface area contributed by atoms with Crippen molar-refractivity contribution in [3.05, 3.63) is 76.6 Å². The van der Waals surface area contributed by atoms with Gasteiger partial charge >= 0.3 is 0 Å². The van der Waals surface area contributed by atoms with E-state index in [2.05, 4.69) is 9.97 Å². The molecule has 0 spiro atoms. The predicted octanol–water partition coefficient (Wildman–Crippen LogP) is 3.50. The van der Waals surface area contributed by atoms with Gasteiger partial charge in [0.1, 0.15) is 5.69 Å². The zero-order chi connectivity index (χ0) is 17.8. The van der Waals surface area contributed by atoms with Crippen molar-refractivity contribution in [3.8, 4) is 17.1 Å². The van der Waals surface area contributed by atoms with Crippen molar-refractivity contribution >= 4 is 17.5 Å². The Labute approximate surface area is 150 Å². The molecule has 0 saturated carbocycles. The smallest absolute Gasteiger partial charge is 0.248 e. The van der Waals surface area contributed by atoms with Crippen molar-refractivity contribution in [2.24, 2.45) is 5.73 Å². The molecule has 6 heteroatoms. The van der Waals surface area contributed by atoms with Gasteiger partial charge in [0, 0.05) is 22.6 Å². The fourth-order valence-corrected chi connectivity index (χ4v) is 2.66. The fraction of sp³-hybridized carbons (Fsp3) is 0.105. The molecule has 0 atom stereocenters. The van der Waals surface area contributed by atoms with Gasteiger partial charge in [-0.3, -0.25) is 4.79 Å². The van der Waals surface area contributed by atoms with Crippen molar-refractivity contribution in [2.45, 2.75) is 6.42 Å². The highest BCUT2D eigenvalue weighted by atomic mass is 35.5. The summed E-state index contributed by atoms with van der Waals surface area (Å²) in [5.41, 5.74) is 8.99. The Kier molecular flexibility index (Phi) is 4.95. The molecule has 0 radical (unpaired) electrons. The van der Waals surface area contributed by atoms with E-state index in [1.807, 2.05) is 30.3 Å². The van der Waals surface area contributed by atoms with E-state index in [0.717, 1.165) is 16.8 Å². The van der Waals surface area contributed by atoms with E-state index in [1.54, 1.807) is 31.5 Å². The van der Waals surface area contributed by atoms with Crippen molar-refractivity contribution < 1.29 is 9.53 Å². The number of halogens is 1. The summed E-state index contributed by atoms with van der Waals surface area (Å²) in [5, 5.41) is 0.619. The lowest BCUT2D eigenvalue weighted by Gasteiger charge is -2.09. The summed E-state index contributed by atoms with van der Waals surface area (Å²) in [4.78, 5) is 20.2. The molecule has 5 nitrogen and oxygen atoms in total. The second kappa shape index (κ2) is 7.32. The largest absolute Gasteiger partial charge is 0.479 e. The lowest BCUT2D eigenvalue weighted by molar-refractivity contribution is 0.100. The van der Waals surface area contributed by atoms with Crippen LogP contribution in [0.25, 0.3) is 11.3 Å². The quantitative estimate of drug-likeness (QED) is 0.761. The maximum absolute atomic E-state index is 11.1. The van der Waals surface area contributed by atoms with Crippen LogP contribution in [0.4, 0.5) is 0 Å². The van der Waals surface area contributed by atoms with Crippen LogP contribution in [0.3, 0.4) is 0 Å². The first-order valence-corrected chi connectivity index (χ1v) is 7.99. The summed E-state index contributed by atoms with van der Waals surface area (Å²) < 4.78 is 5.32. The van der Waals surface area contributed by atoms with Gasteiger partial charge in [0.05, 0.1) is 19.0 Å². The lowest BCUT2D eigenvalue weighted by Crippen LogP contribution is -2.10. The predicted molar refractivity (Wildman–Crippen MR) is 96.8 cm³/mol. The van der Waals surface area contributed by atoms with Crippen LogP contribution in [0.15, 0.2) is 54.7 Å². The number of primary amides is 1. The molecular weight excluding hydrogens is 338 g/mol. The molecule has 1 aromatic heterocycles. The Hall–Kier alpha value is -2.92. The van der Waals surface area contributed by atoms with E-state index < -0.39 is 5.91 Å². The average molecular weight is 354 g/mol. The van der Waals surface area contributed by atoms with Crippen LogP contribution in [-0.2, 0) is 6.42 Å². The zero-order valence-electron chi connectivity index (χ0n) is 13.6. The van der Waals surface area contributed by atoms with Gasteiger partial charge in [-0.05, 0) is 29.8 Å². The number of benzene rings is 2. The molecule has 0 bridgehead atoms. The molecule has 3 aromatic rings. The third-order valence-corrected chi connectivity index (χ3v) is 3.94. The van der Waals surface area contributed by atoms with Gasteiger partial charge in [0.2, 0.25) is 11.8 Å². The highest BCUT2D eigenvalue weighted by molar-refractivity contribution is 6.30. The molecule has 2 N–H and O–H groups in total. The Bertz CT molecular complexity index is 911. The van der Waals surface area contributed by atoms with E-state index in [0.29, 0.717) is 28.6 Å². The Morgan fingerprint density at radius 1 is 1.20 bits per heavy atom. The number of aromatic nitrogens is 2. The summed E-state index contributed by atoms with van der Waals surface area (Å²) >= 11 is 6.07. The van der Waals surface area contributed by atoms with Crippen LogP contribution in [-0.4, -0.2) is 23.0 Å². The van der Waals surface area contributed by atoms with Crippen molar-refractivity contribution in [2.75, 3.05) is 7.11 Å². The van der Waals surface area contributed by atoms with E-state index in [-0.39, 0.29) is 0 Å². The molecule has 2 aromatic carbocycles. The molecular formula is C19H16ClN3O2. The second-order valence-electron chi connectivity index (χ2n) is 5.47. The first-order chi connectivity index (χ1) is 12.1. The summed E-state index contributed by atoms with van der Waals surface area (Å²) in [6, 6.07) is 14.5. The van der Waals surface area contributed by atoms with Gasteiger partial charge in [-0.25, -0.2) is 9.97 Å². The van der Waals surface area contributed by atoms with Crippen molar-refractivity contribution in [1.82, 2.24) is 9.97 Å². The highest BCUT2D eigenvalue weighted by Crippen LogP contribution is 2.28. The minimum atomic E-state index is -0.445. The maximum Gasteiger partial charge on any atom is 0.248 e. The normalized spacial score (nSPS) is 10.5. The first kappa shape index (κ1) is 16.9. The molecule has 1 amide bonds. The molecule has 0 aliphatic rings. The average Bonchev–Trinajstić information content (AvgIpc) is 2.62. The van der Waals surface area contributed by atoms with Crippen LogP contribution < -0.4 is 10.5 Å². The minimum Gasteiger partial charge on any atom is -0.479 e. The molecule has 126 valence electrons. The van der Waals surface area contributed by atoms with Crippen LogP contribution in [0.2, 0.25) is 5.02 Å². The number of nitrogens with zero attached hydrogens (tertiary/aromatic N) is 2. The number of ether oxygens (including phenoxy) is 1. The number of nitrogens with two attached hydrogens (primary N) is 1. The minimum absolute atomic E-state index is 0.440. The monoisotopic (exact) mass is 353 g/mol. The second-order valence-corrected chi connectivity index (χ2v) is 5.90. The maximum atomic E-state index is 11.1. The topological polar surface area (TPSA) is 78.1 Å². The van der Waals surface area contributed by atoms with E-state index in [9.17, 15) is 4.79 Å². The highest BCUT2D eigenvalue weighted by Gasteiger charge is 2.12. The number of hydrogen-bond donors (Lipinski definition) is 1. The van der Waals surface area contributed by atoms with E-state index in [4.69, 9.17) is 22.1 Å². The van der Waals surface area contributed by atoms with Gasteiger partial charge in [-0.2, -0.15) is 0 Å². The third-order valence-electron chi connectivity index (χ3n) is 3.70. The summed E-state index contributed by atoms with van der Waals surface area (Å²) in [7, 11) is 1.56. The molecule has 1 heterocycles. The van der Waals surface area contributed by atoms with Crippen LogP contribution in [0, 0.1) is 0 Å². The van der Waals surface area contributed by atoms with Gasteiger partial charge in [0.15, 0.2) is 0 Å². The van der Waals surface area contributed by atoms with Gasteiger partial charge in [-0.1, -0.05) is 35.9 Å². The zero-order valence-corrected chi connectivity index (χ0v) is 14.3. The number of methoxy groups -OCH3 is 1. The third kappa shape index (κ3) is 3.95. The van der Waals surface area contributed by atoms with E-state index >= 15 is 0 Å². The molecule has 3 rings (SSSR count).